The van der Waals surface area contributed by atoms with Gasteiger partial charge in [0.05, 0.1) is 16.5 Å². The summed E-state index contributed by atoms with van der Waals surface area (Å²) >= 11 is 1.81. The number of aliphatic imine (C=N–C) groups is 1. The highest BCUT2D eigenvalue weighted by molar-refractivity contribution is 7.16. The molecule has 0 saturated carbocycles. The van der Waals surface area contributed by atoms with Crippen molar-refractivity contribution in [2.24, 2.45) is 10.9 Å². The topological polar surface area (TPSA) is 83.0 Å². The van der Waals surface area contributed by atoms with Crippen molar-refractivity contribution < 1.29 is 14.3 Å². The highest BCUT2D eigenvalue weighted by Gasteiger charge is 2.32. The summed E-state index contributed by atoms with van der Waals surface area (Å²) in [6.07, 6.45) is 6.05. The highest BCUT2D eigenvalue weighted by Crippen LogP contribution is 2.43. The van der Waals surface area contributed by atoms with Crippen LogP contribution in [0.2, 0.25) is 0 Å². The van der Waals surface area contributed by atoms with E-state index in [4.69, 9.17) is 4.74 Å². The van der Waals surface area contributed by atoms with E-state index in [1.165, 1.54) is 9.88 Å². The fraction of sp³-hybridized carbons (Fsp3) is 0.654. The lowest BCUT2D eigenvalue weighted by Crippen LogP contribution is -2.39. The van der Waals surface area contributed by atoms with Crippen LogP contribution >= 0.6 is 11.3 Å². The molecule has 1 aromatic rings. The minimum absolute atomic E-state index is 0.0663. The molecule has 2 N–H and O–H groups in total. The summed E-state index contributed by atoms with van der Waals surface area (Å²) in [5.41, 5.74) is 3.57. The molecule has 0 bridgehead atoms. The zero-order valence-electron chi connectivity index (χ0n) is 20.9. The van der Waals surface area contributed by atoms with E-state index < -0.39 is 0 Å². The Hall–Kier alpha value is -2.03. The molecule has 4 rings (SSSR count). The average molecular weight is 487 g/mol. The summed E-state index contributed by atoms with van der Waals surface area (Å²) in [5.74, 6) is -0.236. The summed E-state index contributed by atoms with van der Waals surface area (Å²) in [6, 6.07) is 0.446. The summed E-state index contributed by atoms with van der Waals surface area (Å²) in [5, 5.41) is 7.76. The van der Waals surface area contributed by atoms with Gasteiger partial charge in [0.2, 0.25) is 0 Å². The molecule has 0 spiro atoms. The predicted molar refractivity (Wildman–Crippen MR) is 138 cm³/mol. The van der Waals surface area contributed by atoms with Gasteiger partial charge >= 0.3 is 0 Å². The fourth-order valence-electron chi connectivity index (χ4n) is 5.46. The molecule has 3 aliphatic rings. The van der Waals surface area contributed by atoms with E-state index >= 15 is 0 Å². The summed E-state index contributed by atoms with van der Waals surface area (Å²) in [6.45, 7) is 12.8. The number of thiophene rings is 1. The number of dihydropyridines is 1. The van der Waals surface area contributed by atoms with Crippen molar-refractivity contribution in [3.63, 3.8) is 0 Å². The largest absolute Gasteiger partial charge is 0.381 e. The molecule has 1 aromatic heterocycles. The van der Waals surface area contributed by atoms with E-state index in [1.54, 1.807) is 11.3 Å². The molecule has 2 amide bonds. The number of nitrogens with one attached hydrogen (secondary N) is 2. The van der Waals surface area contributed by atoms with Crippen LogP contribution < -0.4 is 15.5 Å². The van der Waals surface area contributed by atoms with E-state index in [-0.39, 0.29) is 24.3 Å². The number of amides is 2. The van der Waals surface area contributed by atoms with Crippen LogP contribution in [0.3, 0.4) is 0 Å². The van der Waals surface area contributed by atoms with Gasteiger partial charge in [0.15, 0.2) is 0 Å². The Bertz CT molecular complexity index is 971. The lowest BCUT2D eigenvalue weighted by Gasteiger charge is -2.35. The monoisotopic (exact) mass is 486 g/mol. The van der Waals surface area contributed by atoms with Crippen molar-refractivity contribution >= 4 is 33.9 Å². The lowest BCUT2D eigenvalue weighted by molar-refractivity contribution is -0.120. The number of hydrogen-bond donors (Lipinski definition) is 2. The first-order valence-corrected chi connectivity index (χ1v) is 13.5. The summed E-state index contributed by atoms with van der Waals surface area (Å²) in [7, 11) is 0. The second-order valence-corrected chi connectivity index (χ2v) is 10.7. The molecule has 2 fully saturated rings. The summed E-state index contributed by atoms with van der Waals surface area (Å²) in [4.78, 5) is 33.9. The third-order valence-electron chi connectivity index (χ3n) is 7.36. The third-order valence-corrected chi connectivity index (χ3v) is 8.85. The zero-order chi connectivity index (χ0) is 24.2. The van der Waals surface area contributed by atoms with Crippen LogP contribution in [-0.4, -0.2) is 63.0 Å². The van der Waals surface area contributed by atoms with Gasteiger partial charge in [-0.3, -0.25) is 9.59 Å². The number of carbonyl (C=O) groups is 2. The Labute approximate surface area is 207 Å². The second-order valence-electron chi connectivity index (χ2n) is 9.67. The van der Waals surface area contributed by atoms with Crippen LogP contribution in [0.1, 0.15) is 73.2 Å². The molecular weight excluding hydrogens is 448 g/mol. The molecule has 34 heavy (non-hydrogen) atoms. The predicted octanol–water partition coefficient (Wildman–Crippen LogP) is 3.82. The Morgan fingerprint density at radius 1 is 1.21 bits per heavy atom. The Kier molecular flexibility index (Phi) is 8.22. The standard InChI is InChI=1S/C26H38N4O3S/c1-5-30(20-8-12-33-13-9-20)26-18(4)22(23(34-26)19-6-10-27-11-7-19)25(32)28-15-21-16(2)14-17(3)29-24(21)31/h14,19-21,27H,5-13,15H2,1-4H3,(H,28,32). The third kappa shape index (κ3) is 5.29. The maximum atomic E-state index is 13.6. The van der Waals surface area contributed by atoms with Gasteiger partial charge in [0.1, 0.15) is 0 Å². The Balaban J connectivity index is 1.61. The number of nitrogens with zero attached hydrogens (tertiary/aromatic N) is 2. The van der Waals surface area contributed by atoms with Crippen molar-refractivity contribution in [1.29, 1.82) is 0 Å². The number of piperidine rings is 1. The van der Waals surface area contributed by atoms with Crippen LogP contribution in [0.5, 0.6) is 0 Å². The normalized spacial score (nSPS) is 22.4. The van der Waals surface area contributed by atoms with Crippen LogP contribution in [-0.2, 0) is 9.53 Å². The molecule has 7 nitrogen and oxygen atoms in total. The number of rotatable bonds is 7. The second kappa shape index (κ2) is 11.1. The number of ether oxygens (including phenoxy) is 1. The molecule has 0 aliphatic carbocycles. The molecular formula is C26H38N4O3S. The quantitative estimate of drug-likeness (QED) is 0.612. The maximum absolute atomic E-state index is 13.6. The molecule has 2 saturated heterocycles. The molecule has 186 valence electrons. The molecule has 3 aliphatic heterocycles. The Morgan fingerprint density at radius 3 is 2.56 bits per heavy atom. The van der Waals surface area contributed by atoms with E-state index in [0.717, 1.165) is 80.9 Å². The fourth-order valence-corrected chi connectivity index (χ4v) is 7.07. The molecule has 4 heterocycles. The highest BCUT2D eigenvalue weighted by atomic mass is 32.1. The van der Waals surface area contributed by atoms with Gasteiger partial charge in [0.25, 0.3) is 11.8 Å². The molecule has 8 heteroatoms. The van der Waals surface area contributed by atoms with E-state index in [1.807, 2.05) is 19.9 Å². The van der Waals surface area contributed by atoms with Crippen molar-refractivity contribution in [3.05, 3.63) is 27.7 Å². The number of carbonyl (C=O) groups excluding carboxylic acids is 2. The SMILES string of the molecule is CCN(c1sc(C2CCNCC2)c(C(=O)NCC2C(=O)N=C(C)C=C2C)c1C)C1CCOCC1. The molecule has 0 aromatic carbocycles. The molecule has 1 unspecified atom stereocenters. The van der Waals surface area contributed by atoms with Gasteiger partial charge in [-0.25, -0.2) is 4.99 Å². The smallest absolute Gasteiger partial charge is 0.254 e. The first-order valence-electron chi connectivity index (χ1n) is 12.6. The number of allylic oxidation sites excluding steroid dienone is 1. The van der Waals surface area contributed by atoms with E-state index in [2.05, 4.69) is 34.4 Å². The number of anilines is 1. The average Bonchev–Trinajstić information content (AvgIpc) is 3.17. The summed E-state index contributed by atoms with van der Waals surface area (Å²) < 4.78 is 5.60. The Morgan fingerprint density at radius 2 is 1.91 bits per heavy atom. The van der Waals surface area contributed by atoms with Gasteiger partial charge in [-0.05, 0) is 84.0 Å². The van der Waals surface area contributed by atoms with E-state index in [9.17, 15) is 9.59 Å². The van der Waals surface area contributed by atoms with E-state index in [0.29, 0.717) is 12.0 Å². The lowest BCUT2D eigenvalue weighted by atomic mass is 9.92. The van der Waals surface area contributed by atoms with Gasteiger partial charge in [-0.2, -0.15) is 0 Å². The maximum Gasteiger partial charge on any atom is 0.254 e. The van der Waals surface area contributed by atoms with Crippen molar-refractivity contribution in [1.82, 2.24) is 10.6 Å². The zero-order valence-corrected chi connectivity index (χ0v) is 21.7. The van der Waals surface area contributed by atoms with Crippen LogP contribution in [0, 0.1) is 12.8 Å². The minimum Gasteiger partial charge on any atom is -0.381 e. The minimum atomic E-state index is -0.386. The van der Waals surface area contributed by atoms with Crippen LogP contribution in [0.25, 0.3) is 0 Å². The first-order chi connectivity index (χ1) is 16.4. The molecule has 0 radical (unpaired) electrons. The van der Waals surface area contributed by atoms with Crippen LogP contribution in [0.4, 0.5) is 5.00 Å². The first kappa shape index (κ1) is 25.1. The number of hydrogen-bond acceptors (Lipinski definition) is 6. The van der Waals surface area contributed by atoms with Gasteiger partial charge < -0.3 is 20.3 Å². The molecule has 1 atom stereocenters. The van der Waals surface area contributed by atoms with Crippen molar-refractivity contribution in [2.75, 3.05) is 44.3 Å². The van der Waals surface area contributed by atoms with Gasteiger partial charge in [-0.15, -0.1) is 11.3 Å². The van der Waals surface area contributed by atoms with Gasteiger partial charge in [-0.1, -0.05) is 5.57 Å². The van der Waals surface area contributed by atoms with Crippen LogP contribution in [0.15, 0.2) is 16.6 Å². The van der Waals surface area contributed by atoms with Crippen molar-refractivity contribution in [2.45, 2.75) is 65.3 Å². The van der Waals surface area contributed by atoms with Crippen molar-refractivity contribution in [3.8, 4) is 0 Å². The van der Waals surface area contributed by atoms with Gasteiger partial charge in [0, 0.05) is 42.9 Å².